The fourth-order valence-corrected chi connectivity index (χ4v) is 5.75. The van der Waals surface area contributed by atoms with Gasteiger partial charge in [-0.15, -0.1) is 5.10 Å². The highest BCUT2D eigenvalue weighted by Crippen LogP contribution is 2.30. The van der Waals surface area contributed by atoms with Gasteiger partial charge >= 0.3 is 5.97 Å². The molecule has 0 saturated carbocycles. The second-order valence-corrected chi connectivity index (χ2v) is 10.5. The molecule has 6 rings (SSSR count). The van der Waals surface area contributed by atoms with Crippen LogP contribution in [0, 0.1) is 0 Å². The Balaban J connectivity index is 1.17. The average Bonchev–Trinajstić information content (AvgIpc) is 3.67. The molecule has 11 nitrogen and oxygen atoms in total. The number of nitrogens with one attached hydrogen (secondary N) is 2. The van der Waals surface area contributed by atoms with Crippen molar-refractivity contribution in [1.29, 1.82) is 0 Å². The van der Waals surface area contributed by atoms with E-state index in [4.69, 9.17) is 0 Å². The zero-order chi connectivity index (χ0) is 29.9. The number of carboxylic acids is 1. The number of carboxylic acid groups (broad SMARTS) is 1. The predicted molar refractivity (Wildman–Crippen MR) is 160 cm³/mol. The molecule has 0 aliphatic carbocycles. The maximum absolute atomic E-state index is 13.5. The molecule has 3 N–H and O–H groups in total. The number of aromatic carboxylic acids is 1. The van der Waals surface area contributed by atoms with E-state index < -0.39 is 17.9 Å². The third-order valence-electron chi connectivity index (χ3n) is 7.83. The van der Waals surface area contributed by atoms with Crippen LogP contribution >= 0.6 is 0 Å². The Morgan fingerprint density at radius 2 is 1.47 bits per heavy atom. The first-order valence-electron chi connectivity index (χ1n) is 14.1. The highest BCUT2D eigenvalue weighted by Gasteiger charge is 2.31. The van der Waals surface area contributed by atoms with E-state index in [0.29, 0.717) is 37.1 Å². The number of piperazine rings is 1. The minimum atomic E-state index is -1.23. The van der Waals surface area contributed by atoms with Crippen LogP contribution in [-0.2, 0) is 4.79 Å². The van der Waals surface area contributed by atoms with E-state index in [0.717, 1.165) is 10.9 Å². The summed E-state index contributed by atoms with van der Waals surface area (Å²) in [6.07, 6.45) is 1.12. The van der Waals surface area contributed by atoms with Gasteiger partial charge in [0.05, 0.1) is 12.2 Å². The number of fused-ring (bicyclic) bond motifs is 1. The number of rotatable bonds is 8. The molecule has 2 amide bonds. The van der Waals surface area contributed by atoms with E-state index in [1.54, 1.807) is 36.1 Å². The molecule has 1 unspecified atom stereocenters. The molecule has 11 heteroatoms. The molecule has 43 heavy (non-hydrogen) atoms. The smallest absolute Gasteiger partial charge is 0.356 e. The summed E-state index contributed by atoms with van der Waals surface area (Å²) in [5, 5.41) is 20.7. The molecule has 1 aliphatic heterocycles. The van der Waals surface area contributed by atoms with Crippen molar-refractivity contribution in [2.75, 3.05) is 26.2 Å². The number of hydrogen-bond acceptors (Lipinski definition) is 6. The van der Waals surface area contributed by atoms with Crippen molar-refractivity contribution in [2.24, 2.45) is 0 Å². The van der Waals surface area contributed by atoms with Crippen molar-refractivity contribution in [3.05, 3.63) is 114 Å². The summed E-state index contributed by atoms with van der Waals surface area (Å²) in [4.78, 5) is 46.0. The zero-order valence-corrected chi connectivity index (χ0v) is 23.6. The second-order valence-electron chi connectivity index (χ2n) is 10.5. The van der Waals surface area contributed by atoms with Gasteiger partial charge in [0.25, 0.3) is 5.91 Å². The van der Waals surface area contributed by atoms with Crippen LogP contribution in [0.15, 0.2) is 91.1 Å². The van der Waals surface area contributed by atoms with Gasteiger partial charge in [0.1, 0.15) is 17.4 Å². The highest BCUT2D eigenvalue weighted by molar-refractivity contribution is 6.06. The van der Waals surface area contributed by atoms with Crippen molar-refractivity contribution in [3.63, 3.8) is 0 Å². The monoisotopic (exact) mass is 577 g/mol. The lowest BCUT2D eigenvalue weighted by Crippen LogP contribution is -2.54. The zero-order valence-electron chi connectivity index (χ0n) is 23.6. The van der Waals surface area contributed by atoms with Gasteiger partial charge in [-0.3, -0.25) is 14.5 Å². The van der Waals surface area contributed by atoms with Crippen LogP contribution in [-0.4, -0.2) is 84.9 Å². The first-order chi connectivity index (χ1) is 20.9. The van der Waals surface area contributed by atoms with E-state index in [-0.39, 0.29) is 29.0 Å². The van der Waals surface area contributed by atoms with Crippen LogP contribution in [0.25, 0.3) is 16.6 Å². The highest BCUT2D eigenvalue weighted by atomic mass is 16.4. The number of benzene rings is 3. The molecule has 1 atom stereocenters. The number of carbonyl (C=O) groups excluding carboxylic acids is 2. The Morgan fingerprint density at radius 1 is 0.860 bits per heavy atom. The van der Waals surface area contributed by atoms with Crippen molar-refractivity contribution in [2.45, 2.75) is 19.0 Å². The van der Waals surface area contributed by atoms with E-state index >= 15 is 0 Å². The maximum Gasteiger partial charge on any atom is 0.356 e. The Morgan fingerprint density at radius 3 is 2.09 bits per heavy atom. The largest absolute Gasteiger partial charge is 0.476 e. The number of aromatic amines is 1. The molecule has 0 bridgehead atoms. The second kappa shape index (κ2) is 11.9. The molecule has 5 aromatic rings. The third kappa shape index (κ3) is 5.50. The van der Waals surface area contributed by atoms with Crippen molar-refractivity contribution < 1.29 is 19.5 Å². The van der Waals surface area contributed by atoms with Crippen LogP contribution < -0.4 is 5.32 Å². The molecule has 1 fully saturated rings. The van der Waals surface area contributed by atoms with Crippen molar-refractivity contribution >= 4 is 28.7 Å². The van der Waals surface area contributed by atoms with Gasteiger partial charge in [-0.05, 0) is 24.1 Å². The Labute approximate surface area is 247 Å². The van der Waals surface area contributed by atoms with Gasteiger partial charge < -0.3 is 20.3 Å². The quantitative estimate of drug-likeness (QED) is 0.257. The minimum absolute atomic E-state index is 0.0738. The summed E-state index contributed by atoms with van der Waals surface area (Å²) in [6.45, 7) is 4.06. The number of hydrogen-bond donors (Lipinski definition) is 3. The van der Waals surface area contributed by atoms with Gasteiger partial charge in [0, 0.05) is 37.1 Å². The molecule has 0 radical (unpaired) electrons. The van der Waals surface area contributed by atoms with E-state index in [9.17, 15) is 19.5 Å². The van der Waals surface area contributed by atoms with Crippen LogP contribution in [0.3, 0.4) is 0 Å². The number of nitrogens with zero attached hydrogens (tertiary/aromatic N) is 5. The minimum Gasteiger partial charge on any atom is -0.476 e. The Kier molecular flexibility index (Phi) is 7.71. The molecule has 3 heterocycles. The van der Waals surface area contributed by atoms with E-state index in [1.165, 1.54) is 11.1 Å². The normalized spacial score (nSPS) is 14.6. The summed E-state index contributed by atoms with van der Waals surface area (Å²) in [7, 11) is 0. The molecule has 1 saturated heterocycles. The molecule has 3 aromatic carbocycles. The number of H-pyrrole nitrogens is 1. The summed E-state index contributed by atoms with van der Waals surface area (Å²) in [6, 6.07) is 27.1. The number of para-hydroxylation sites is 1. The third-order valence-corrected chi connectivity index (χ3v) is 7.83. The summed E-state index contributed by atoms with van der Waals surface area (Å²) in [5.41, 5.74) is 3.17. The summed E-state index contributed by atoms with van der Waals surface area (Å²) in [5.74, 6) is -1.97. The lowest BCUT2D eigenvalue weighted by molar-refractivity contribution is -0.134. The van der Waals surface area contributed by atoms with E-state index in [1.807, 2.05) is 36.4 Å². The van der Waals surface area contributed by atoms with Crippen molar-refractivity contribution in [3.8, 4) is 5.69 Å². The van der Waals surface area contributed by atoms with Crippen molar-refractivity contribution in [1.82, 2.24) is 35.1 Å². The van der Waals surface area contributed by atoms with Crippen LogP contribution in [0.2, 0.25) is 0 Å². The first kappa shape index (κ1) is 27.9. The molecule has 218 valence electrons. The fraction of sp³-hybridized carbons (Fsp3) is 0.219. The summed E-state index contributed by atoms with van der Waals surface area (Å²) >= 11 is 0. The van der Waals surface area contributed by atoms with Crippen LogP contribution in [0.1, 0.15) is 45.1 Å². The van der Waals surface area contributed by atoms with Crippen LogP contribution in [0.4, 0.5) is 0 Å². The molecule has 0 spiro atoms. The maximum atomic E-state index is 13.5. The summed E-state index contributed by atoms with van der Waals surface area (Å²) < 4.78 is 1.12. The average molecular weight is 578 g/mol. The van der Waals surface area contributed by atoms with Gasteiger partial charge in [0.15, 0.2) is 5.69 Å². The Hall–Kier alpha value is -5.29. The number of carbonyl (C=O) groups is 3. The van der Waals surface area contributed by atoms with E-state index in [2.05, 4.69) is 49.8 Å². The van der Waals surface area contributed by atoms with Gasteiger partial charge in [-0.1, -0.05) is 84.1 Å². The standard InChI is InChI=1S/C32H31N7O4/c1-21(34-30(40)27-29(24-14-8-9-15-25(24)35-27)39-26(32(42)43)20-33-36-39)31(41)38-18-16-37(17-19-38)28(22-10-4-2-5-11-22)23-12-6-3-7-13-23/h2-15,20-21,28,35H,16-19H2,1H3,(H,34,40)(H,42,43). The fourth-order valence-electron chi connectivity index (χ4n) is 5.75. The topological polar surface area (TPSA) is 136 Å². The number of aromatic nitrogens is 4. The van der Waals surface area contributed by atoms with Gasteiger partial charge in [-0.2, -0.15) is 0 Å². The SMILES string of the molecule is CC(NC(=O)c1[nH]c2ccccc2c1-n1nncc1C(=O)O)C(=O)N1CCN(C(c2ccccc2)c2ccccc2)CC1. The first-order valence-corrected chi connectivity index (χ1v) is 14.1. The lowest BCUT2D eigenvalue weighted by atomic mass is 9.96. The molecule has 1 aliphatic rings. The molecular weight excluding hydrogens is 546 g/mol. The lowest BCUT2D eigenvalue weighted by Gasteiger charge is -2.40. The molecule has 2 aromatic heterocycles. The predicted octanol–water partition coefficient (Wildman–Crippen LogP) is 3.50. The van der Waals surface area contributed by atoms with Gasteiger partial charge in [0.2, 0.25) is 5.91 Å². The van der Waals surface area contributed by atoms with Crippen LogP contribution in [0.5, 0.6) is 0 Å². The van der Waals surface area contributed by atoms with Gasteiger partial charge in [-0.25, -0.2) is 9.48 Å². The molecular formula is C32H31N7O4. The number of amides is 2. The Bertz CT molecular complexity index is 1720.